The summed E-state index contributed by atoms with van der Waals surface area (Å²) >= 11 is 0. The smallest absolute Gasteiger partial charge is 0.282 e. The van der Waals surface area contributed by atoms with Gasteiger partial charge in [-0.2, -0.15) is 17.0 Å². The summed E-state index contributed by atoms with van der Waals surface area (Å²) in [4.78, 5) is 3.43. The van der Waals surface area contributed by atoms with E-state index < -0.39 is 10.2 Å². The van der Waals surface area contributed by atoms with E-state index in [1.165, 1.54) is 0 Å². The zero-order chi connectivity index (χ0) is 16.7. The summed E-state index contributed by atoms with van der Waals surface area (Å²) in [5.41, 5.74) is 3.26. The number of benzene rings is 1. The fourth-order valence-electron chi connectivity index (χ4n) is 3.75. The molecule has 24 heavy (non-hydrogen) atoms. The van der Waals surface area contributed by atoms with Crippen LogP contribution in [0.15, 0.2) is 18.2 Å². The van der Waals surface area contributed by atoms with Gasteiger partial charge in [0.1, 0.15) is 5.75 Å². The van der Waals surface area contributed by atoms with E-state index in [1.807, 2.05) is 18.2 Å². The molecule has 0 saturated carbocycles. The average Bonchev–Trinajstić information content (AvgIpc) is 2.99. The van der Waals surface area contributed by atoms with Gasteiger partial charge in [-0.3, -0.25) is 0 Å². The number of methoxy groups -OCH3 is 1. The Hall–Kier alpha value is -1.57. The molecule has 1 aromatic heterocycles. The van der Waals surface area contributed by atoms with Gasteiger partial charge >= 0.3 is 0 Å². The lowest BCUT2D eigenvalue weighted by Gasteiger charge is -2.34. The average molecular weight is 349 g/mol. The fourth-order valence-corrected chi connectivity index (χ4v) is 5.41. The van der Waals surface area contributed by atoms with Crippen LogP contribution in [0.2, 0.25) is 0 Å². The first-order valence-electron chi connectivity index (χ1n) is 8.52. The van der Waals surface area contributed by atoms with Crippen molar-refractivity contribution in [1.82, 2.24) is 13.6 Å². The molecule has 1 N–H and O–H groups in total. The molecule has 2 aliphatic heterocycles. The van der Waals surface area contributed by atoms with Crippen LogP contribution in [-0.4, -0.2) is 48.8 Å². The second-order valence-electron chi connectivity index (χ2n) is 6.54. The van der Waals surface area contributed by atoms with Gasteiger partial charge in [0.25, 0.3) is 10.2 Å². The predicted molar refractivity (Wildman–Crippen MR) is 93.3 cm³/mol. The van der Waals surface area contributed by atoms with Crippen LogP contribution < -0.4 is 4.74 Å². The highest BCUT2D eigenvalue weighted by molar-refractivity contribution is 7.86. The second kappa shape index (κ2) is 6.06. The Labute approximate surface area is 142 Å². The molecule has 0 atom stereocenters. The number of H-pyrrole nitrogens is 1. The topological polar surface area (TPSA) is 65.6 Å². The van der Waals surface area contributed by atoms with Crippen LogP contribution in [-0.2, 0) is 23.2 Å². The number of aromatic nitrogens is 1. The van der Waals surface area contributed by atoms with Crippen LogP contribution >= 0.6 is 0 Å². The van der Waals surface area contributed by atoms with E-state index in [0.717, 1.165) is 53.6 Å². The standard InChI is InChI=1S/C17H23N3O3S/c1-23-13-5-6-16-14(11-13)15-12-20(10-7-17(15)18-16)24(21,22)19-8-3-2-4-9-19/h5-6,11,18H,2-4,7-10,12H2,1H3. The van der Waals surface area contributed by atoms with Gasteiger partial charge in [-0.25, -0.2) is 0 Å². The lowest BCUT2D eigenvalue weighted by molar-refractivity contribution is 0.295. The lowest BCUT2D eigenvalue weighted by atomic mass is 10.1. The van der Waals surface area contributed by atoms with Gasteiger partial charge < -0.3 is 9.72 Å². The molecule has 0 spiro atoms. The Morgan fingerprint density at radius 2 is 1.88 bits per heavy atom. The Morgan fingerprint density at radius 3 is 2.62 bits per heavy atom. The third-order valence-corrected chi connectivity index (χ3v) is 7.10. The van der Waals surface area contributed by atoms with Crippen molar-refractivity contribution in [2.45, 2.75) is 32.2 Å². The van der Waals surface area contributed by atoms with E-state index in [4.69, 9.17) is 4.74 Å². The number of nitrogens with zero attached hydrogens (tertiary/aromatic N) is 2. The van der Waals surface area contributed by atoms with Crippen molar-refractivity contribution in [3.05, 3.63) is 29.5 Å². The molecule has 6 nitrogen and oxygen atoms in total. The molecule has 0 aliphatic carbocycles. The van der Waals surface area contributed by atoms with E-state index in [2.05, 4.69) is 4.98 Å². The molecule has 2 aromatic rings. The summed E-state index contributed by atoms with van der Waals surface area (Å²) in [5, 5.41) is 1.06. The zero-order valence-electron chi connectivity index (χ0n) is 13.9. The van der Waals surface area contributed by atoms with E-state index in [0.29, 0.717) is 26.2 Å². The van der Waals surface area contributed by atoms with Gasteiger partial charge in [0.15, 0.2) is 0 Å². The molecule has 0 radical (unpaired) electrons. The van der Waals surface area contributed by atoms with Crippen molar-refractivity contribution < 1.29 is 13.2 Å². The van der Waals surface area contributed by atoms with Gasteiger partial charge in [-0.15, -0.1) is 0 Å². The highest BCUT2D eigenvalue weighted by atomic mass is 32.2. The Kier molecular flexibility index (Phi) is 4.02. The molecular weight excluding hydrogens is 326 g/mol. The van der Waals surface area contributed by atoms with Crippen LogP contribution in [0.4, 0.5) is 0 Å². The van der Waals surface area contributed by atoms with Crippen molar-refractivity contribution in [2.24, 2.45) is 0 Å². The summed E-state index contributed by atoms with van der Waals surface area (Å²) in [5.74, 6) is 0.792. The second-order valence-corrected chi connectivity index (χ2v) is 8.47. The van der Waals surface area contributed by atoms with Gasteiger partial charge in [0.2, 0.25) is 0 Å². The van der Waals surface area contributed by atoms with Crippen molar-refractivity contribution in [3.8, 4) is 5.75 Å². The maximum Gasteiger partial charge on any atom is 0.282 e. The van der Waals surface area contributed by atoms with E-state index in [-0.39, 0.29) is 0 Å². The monoisotopic (exact) mass is 349 g/mol. The molecule has 0 amide bonds. The molecule has 130 valence electrons. The van der Waals surface area contributed by atoms with E-state index in [1.54, 1.807) is 15.7 Å². The predicted octanol–water partition coefficient (Wildman–Crippen LogP) is 2.27. The summed E-state index contributed by atoms with van der Waals surface area (Å²) in [6, 6.07) is 5.91. The molecule has 4 rings (SSSR count). The van der Waals surface area contributed by atoms with Crippen molar-refractivity contribution >= 4 is 21.1 Å². The van der Waals surface area contributed by atoms with E-state index in [9.17, 15) is 8.42 Å². The minimum Gasteiger partial charge on any atom is -0.497 e. The molecular formula is C17H23N3O3S. The number of rotatable bonds is 3. The first-order valence-corrected chi connectivity index (χ1v) is 9.92. The minimum absolute atomic E-state index is 0.432. The Bertz CT molecular complexity index is 853. The van der Waals surface area contributed by atoms with E-state index >= 15 is 0 Å². The maximum absolute atomic E-state index is 12.9. The molecule has 7 heteroatoms. The number of hydrogen-bond acceptors (Lipinski definition) is 3. The molecule has 3 heterocycles. The van der Waals surface area contributed by atoms with Gasteiger partial charge in [0.05, 0.1) is 7.11 Å². The Morgan fingerprint density at radius 1 is 1.08 bits per heavy atom. The van der Waals surface area contributed by atoms with Crippen molar-refractivity contribution in [1.29, 1.82) is 0 Å². The molecule has 1 aromatic carbocycles. The SMILES string of the molecule is COc1ccc2[nH]c3c(c2c1)CN(S(=O)(=O)N1CCCCC1)CC3. The molecule has 0 bridgehead atoms. The highest BCUT2D eigenvalue weighted by Crippen LogP contribution is 2.32. The number of hydrogen-bond donors (Lipinski definition) is 1. The minimum atomic E-state index is -3.37. The zero-order valence-corrected chi connectivity index (χ0v) is 14.7. The van der Waals surface area contributed by atoms with Crippen molar-refractivity contribution in [2.75, 3.05) is 26.7 Å². The number of piperidine rings is 1. The van der Waals surface area contributed by atoms with Crippen molar-refractivity contribution in [3.63, 3.8) is 0 Å². The quantitative estimate of drug-likeness (QED) is 0.924. The van der Waals surface area contributed by atoms with Gasteiger partial charge in [-0.05, 0) is 36.6 Å². The molecule has 2 aliphatic rings. The maximum atomic E-state index is 12.9. The van der Waals surface area contributed by atoms with Crippen LogP contribution in [0.1, 0.15) is 30.5 Å². The first kappa shape index (κ1) is 15.9. The number of aromatic amines is 1. The first-order chi connectivity index (χ1) is 11.6. The third-order valence-electron chi connectivity index (χ3n) is 5.11. The summed E-state index contributed by atoms with van der Waals surface area (Å²) in [6.45, 7) is 2.26. The fraction of sp³-hybridized carbons (Fsp3) is 0.529. The molecule has 0 unspecified atom stereocenters. The number of fused-ring (bicyclic) bond motifs is 3. The highest BCUT2D eigenvalue weighted by Gasteiger charge is 2.34. The third kappa shape index (κ3) is 2.60. The van der Waals surface area contributed by atoms with Gasteiger partial charge in [-0.1, -0.05) is 6.42 Å². The number of ether oxygens (including phenoxy) is 1. The van der Waals surface area contributed by atoms with Crippen LogP contribution in [0.25, 0.3) is 10.9 Å². The van der Waals surface area contributed by atoms with Crippen LogP contribution in [0, 0.1) is 0 Å². The molecule has 1 fully saturated rings. The van der Waals surface area contributed by atoms with Gasteiger partial charge in [0, 0.05) is 49.2 Å². The van der Waals surface area contributed by atoms with Crippen LogP contribution in [0.5, 0.6) is 5.75 Å². The summed E-state index contributed by atoms with van der Waals surface area (Å²) in [7, 11) is -1.72. The molecule has 1 saturated heterocycles. The summed E-state index contributed by atoms with van der Waals surface area (Å²) in [6.07, 6.45) is 3.77. The van der Waals surface area contributed by atoms with Crippen LogP contribution in [0.3, 0.4) is 0 Å². The summed E-state index contributed by atoms with van der Waals surface area (Å²) < 4.78 is 34.5. The number of nitrogens with one attached hydrogen (secondary N) is 1. The lowest BCUT2D eigenvalue weighted by Crippen LogP contribution is -2.47. The largest absolute Gasteiger partial charge is 0.497 e. The normalized spacial score (nSPS) is 20.2. The Balaban J connectivity index is 1.67.